The number of nitrogens with one attached hydrogen (secondary N) is 2. The first-order valence-electron chi connectivity index (χ1n) is 11.1. The van der Waals surface area contributed by atoms with Crippen molar-refractivity contribution in [1.82, 2.24) is 10.3 Å². The number of rotatable bonds is 7. The van der Waals surface area contributed by atoms with Crippen molar-refractivity contribution < 1.29 is 18.4 Å². The van der Waals surface area contributed by atoms with Gasteiger partial charge in [0.15, 0.2) is 0 Å². The van der Waals surface area contributed by atoms with Crippen LogP contribution in [0, 0.1) is 23.5 Å². The van der Waals surface area contributed by atoms with Crippen LogP contribution in [0.1, 0.15) is 44.1 Å². The van der Waals surface area contributed by atoms with E-state index in [1.165, 1.54) is 12.1 Å². The number of pyridine rings is 1. The van der Waals surface area contributed by atoms with E-state index in [0.717, 1.165) is 37.4 Å². The molecule has 1 atom stereocenters. The van der Waals surface area contributed by atoms with Gasteiger partial charge in [0.25, 0.3) is 0 Å². The van der Waals surface area contributed by atoms with Crippen LogP contribution in [0.2, 0.25) is 0 Å². The van der Waals surface area contributed by atoms with Gasteiger partial charge in [-0.15, -0.1) is 0 Å². The summed E-state index contributed by atoms with van der Waals surface area (Å²) < 4.78 is 27.4. The molecule has 0 bridgehead atoms. The molecule has 2 amide bonds. The monoisotopic (exact) mass is 442 g/mol. The number of carbonyl (C=O) groups is 2. The van der Waals surface area contributed by atoms with Crippen molar-refractivity contribution in [2.24, 2.45) is 17.6 Å². The normalized spacial score (nSPS) is 22.6. The number of nitrogens with zero attached hydrogens (tertiary/aromatic N) is 1. The number of aromatic nitrogens is 1. The highest BCUT2D eigenvalue weighted by molar-refractivity contribution is 5.92. The molecule has 1 aromatic carbocycles. The smallest absolute Gasteiger partial charge is 0.230 e. The summed E-state index contributed by atoms with van der Waals surface area (Å²) in [7, 11) is 0. The average molecular weight is 443 g/mol. The van der Waals surface area contributed by atoms with Gasteiger partial charge in [0.05, 0.1) is 5.41 Å². The van der Waals surface area contributed by atoms with Crippen molar-refractivity contribution in [3.63, 3.8) is 0 Å². The molecule has 4 N–H and O–H groups in total. The van der Waals surface area contributed by atoms with E-state index >= 15 is 0 Å². The first kappa shape index (κ1) is 22.3. The highest BCUT2D eigenvalue weighted by atomic mass is 19.1. The Hall–Kier alpha value is -2.87. The predicted octanol–water partition coefficient (Wildman–Crippen LogP) is 3.28. The van der Waals surface area contributed by atoms with E-state index in [-0.39, 0.29) is 35.3 Å². The Labute approximate surface area is 186 Å². The molecule has 2 aliphatic rings. The first-order valence-corrected chi connectivity index (χ1v) is 11.1. The van der Waals surface area contributed by atoms with E-state index in [2.05, 4.69) is 15.6 Å². The molecule has 0 spiro atoms. The molecule has 1 heterocycles. The van der Waals surface area contributed by atoms with Crippen molar-refractivity contribution in [2.45, 2.75) is 50.0 Å². The molecule has 0 saturated heterocycles. The summed E-state index contributed by atoms with van der Waals surface area (Å²) >= 11 is 0. The summed E-state index contributed by atoms with van der Waals surface area (Å²) in [4.78, 5) is 29.2. The van der Waals surface area contributed by atoms with Crippen molar-refractivity contribution in [1.29, 1.82) is 0 Å². The Morgan fingerprint density at radius 1 is 1.09 bits per heavy atom. The van der Waals surface area contributed by atoms with Gasteiger partial charge < -0.3 is 16.4 Å². The van der Waals surface area contributed by atoms with Gasteiger partial charge in [0.1, 0.15) is 11.6 Å². The largest absolute Gasteiger partial charge is 0.354 e. The Bertz CT molecular complexity index is 973. The van der Waals surface area contributed by atoms with Crippen molar-refractivity contribution in [3.05, 3.63) is 59.9 Å². The zero-order chi connectivity index (χ0) is 22.7. The summed E-state index contributed by atoms with van der Waals surface area (Å²) in [5.41, 5.74) is 6.41. The maximum absolute atomic E-state index is 14.2. The summed E-state index contributed by atoms with van der Waals surface area (Å²) in [6.07, 6.45) is 7.45. The Kier molecular flexibility index (Phi) is 6.50. The lowest BCUT2D eigenvalue weighted by atomic mass is 9.78. The molecule has 2 aliphatic carbocycles. The third kappa shape index (κ3) is 4.80. The fourth-order valence-corrected chi connectivity index (χ4v) is 4.66. The van der Waals surface area contributed by atoms with E-state index < -0.39 is 17.0 Å². The number of hydrogen-bond donors (Lipinski definition) is 3. The minimum absolute atomic E-state index is 0.00789. The van der Waals surface area contributed by atoms with Gasteiger partial charge in [-0.1, -0.05) is 6.07 Å². The summed E-state index contributed by atoms with van der Waals surface area (Å²) in [5.74, 6) is -1.45. The zero-order valence-corrected chi connectivity index (χ0v) is 17.8. The van der Waals surface area contributed by atoms with E-state index in [1.54, 1.807) is 24.5 Å². The number of halogens is 2. The SMILES string of the molecule is NC(CNC(=O)C1(c2ccc(F)cc2F)CC1)C1CCC(C(=O)Nc2ccncc2)CC1. The molecule has 0 radical (unpaired) electrons. The third-order valence-electron chi connectivity index (χ3n) is 6.83. The lowest BCUT2D eigenvalue weighted by molar-refractivity contribution is -0.123. The average Bonchev–Trinajstić information content (AvgIpc) is 3.60. The molecule has 0 aliphatic heterocycles. The molecule has 6 nitrogen and oxygen atoms in total. The summed E-state index contributed by atoms with van der Waals surface area (Å²) in [5, 5.41) is 5.80. The first-order chi connectivity index (χ1) is 15.4. The van der Waals surface area contributed by atoms with E-state index in [4.69, 9.17) is 5.73 Å². The van der Waals surface area contributed by atoms with Crippen LogP contribution in [-0.4, -0.2) is 29.4 Å². The van der Waals surface area contributed by atoms with Crippen LogP contribution < -0.4 is 16.4 Å². The minimum atomic E-state index is -0.916. The minimum Gasteiger partial charge on any atom is -0.354 e. The molecular formula is C24H28F2N4O2. The Balaban J connectivity index is 1.25. The summed E-state index contributed by atoms with van der Waals surface area (Å²) in [6, 6.07) is 6.63. The second-order valence-electron chi connectivity index (χ2n) is 8.92. The molecule has 32 heavy (non-hydrogen) atoms. The van der Waals surface area contributed by atoms with E-state index in [9.17, 15) is 18.4 Å². The molecule has 8 heteroatoms. The number of amides is 2. The molecule has 2 fully saturated rings. The third-order valence-corrected chi connectivity index (χ3v) is 6.83. The van der Waals surface area contributed by atoms with Gasteiger partial charge in [0.2, 0.25) is 11.8 Å². The maximum atomic E-state index is 14.2. The number of anilines is 1. The van der Waals surface area contributed by atoms with Gasteiger partial charge in [-0.25, -0.2) is 8.78 Å². The lowest BCUT2D eigenvalue weighted by Crippen LogP contribution is -2.46. The highest BCUT2D eigenvalue weighted by Gasteiger charge is 2.52. The van der Waals surface area contributed by atoms with Crippen LogP contribution in [0.5, 0.6) is 0 Å². The van der Waals surface area contributed by atoms with E-state index in [0.29, 0.717) is 19.4 Å². The predicted molar refractivity (Wildman–Crippen MR) is 117 cm³/mol. The van der Waals surface area contributed by atoms with Gasteiger partial charge in [-0.3, -0.25) is 14.6 Å². The fraction of sp³-hybridized carbons (Fsp3) is 0.458. The zero-order valence-electron chi connectivity index (χ0n) is 17.8. The number of benzene rings is 1. The second kappa shape index (κ2) is 9.32. The number of nitrogens with two attached hydrogens (primary N) is 1. The van der Waals surface area contributed by atoms with Gasteiger partial charge in [-0.05, 0) is 62.6 Å². The van der Waals surface area contributed by atoms with Crippen LogP contribution >= 0.6 is 0 Å². The molecule has 2 saturated carbocycles. The molecule has 1 aromatic heterocycles. The Morgan fingerprint density at radius 3 is 2.41 bits per heavy atom. The molecular weight excluding hydrogens is 414 g/mol. The summed E-state index contributed by atoms with van der Waals surface area (Å²) in [6.45, 7) is 0.294. The standard InChI is InChI=1S/C24H28F2N4O2/c25-17-5-6-19(20(26)13-17)24(9-10-24)23(32)29-14-21(27)15-1-3-16(4-2-15)22(31)30-18-7-11-28-12-8-18/h5-8,11-13,15-16,21H,1-4,9-10,14,27H2,(H,29,32)(H,28,30,31). The topological polar surface area (TPSA) is 97.1 Å². The van der Waals surface area contributed by atoms with Gasteiger partial charge in [0, 0.05) is 48.2 Å². The van der Waals surface area contributed by atoms with Crippen LogP contribution in [0.4, 0.5) is 14.5 Å². The van der Waals surface area contributed by atoms with Crippen LogP contribution in [-0.2, 0) is 15.0 Å². The quantitative estimate of drug-likeness (QED) is 0.613. The molecule has 170 valence electrons. The molecule has 4 rings (SSSR count). The maximum Gasteiger partial charge on any atom is 0.230 e. The fourth-order valence-electron chi connectivity index (χ4n) is 4.66. The van der Waals surface area contributed by atoms with Crippen molar-refractivity contribution in [2.75, 3.05) is 11.9 Å². The number of carbonyl (C=O) groups excluding carboxylic acids is 2. The van der Waals surface area contributed by atoms with Gasteiger partial charge in [-0.2, -0.15) is 0 Å². The van der Waals surface area contributed by atoms with Crippen LogP contribution in [0.15, 0.2) is 42.7 Å². The highest BCUT2D eigenvalue weighted by Crippen LogP contribution is 2.49. The van der Waals surface area contributed by atoms with Crippen molar-refractivity contribution >= 4 is 17.5 Å². The van der Waals surface area contributed by atoms with E-state index in [1.807, 2.05) is 0 Å². The Morgan fingerprint density at radius 2 is 1.78 bits per heavy atom. The second-order valence-corrected chi connectivity index (χ2v) is 8.92. The van der Waals surface area contributed by atoms with Crippen LogP contribution in [0.3, 0.4) is 0 Å². The number of hydrogen-bond acceptors (Lipinski definition) is 4. The molecule has 2 aromatic rings. The lowest BCUT2D eigenvalue weighted by Gasteiger charge is -2.32. The van der Waals surface area contributed by atoms with Crippen LogP contribution in [0.25, 0.3) is 0 Å². The van der Waals surface area contributed by atoms with Gasteiger partial charge >= 0.3 is 0 Å². The van der Waals surface area contributed by atoms with Crippen molar-refractivity contribution in [3.8, 4) is 0 Å². The molecule has 1 unspecified atom stereocenters.